The van der Waals surface area contributed by atoms with Gasteiger partial charge in [0.1, 0.15) is 5.67 Å². The first kappa shape index (κ1) is 11.5. The minimum Gasteiger partial charge on any atom is -0.330 e. The molecule has 0 saturated carbocycles. The Morgan fingerprint density at radius 1 is 1.43 bits per heavy atom. The lowest BCUT2D eigenvalue weighted by Gasteiger charge is -2.15. The lowest BCUT2D eigenvalue weighted by Crippen LogP contribution is -2.10. The van der Waals surface area contributed by atoms with Crippen molar-refractivity contribution in [2.75, 3.05) is 6.54 Å². The molecular weight excluding hydrogens is 201 g/mol. The quantitative estimate of drug-likeness (QED) is 0.824. The molecule has 0 aliphatic rings. The Morgan fingerprint density at radius 2 is 2.07 bits per heavy atom. The van der Waals surface area contributed by atoms with Gasteiger partial charge in [0.15, 0.2) is 0 Å². The molecule has 0 spiro atoms. The molecule has 0 fully saturated rings. The summed E-state index contributed by atoms with van der Waals surface area (Å²) in [6, 6.07) is 5.27. The molecule has 0 unspecified atom stereocenters. The number of nitrogens with two attached hydrogens (primary N) is 1. The van der Waals surface area contributed by atoms with Crippen LogP contribution in [0.4, 0.5) is 4.39 Å². The maximum absolute atomic E-state index is 13.5. The molecule has 3 heteroatoms. The van der Waals surface area contributed by atoms with Crippen molar-refractivity contribution in [3.8, 4) is 0 Å². The normalized spacial score (nSPS) is 11.8. The first-order valence-electron chi connectivity index (χ1n) is 4.63. The fourth-order valence-electron chi connectivity index (χ4n) is 1.28. The van der Waals surface area contributed by atoms with Crippen molar-refractivity contribution in [1.29, 1.82) is 0 Å². The van der Waals surface area contributed by atoms with Gasteiger partial charge in [-0.15, -0.1) is 0 Å². The highest BCUT2D eigenvalue weighted by atomic mass is 35.5. The van der Waals surface area contributed by atoms with E-state index in [4.69, 9.17) is 17.3 Å². The molecule has 0 aliphatic carbocycles. The van der Waals surface area contributed by atoms with E-state index in [1.165, 1.54) is 13.8 Å². The lowest BCUT2D eigenvalue weighted by molar-refractivity contribution is 0.221. The zero-order valence-corrected chi connectivity index (χ0v) is 9.24. The van der Waals surface area contributed by atoms with Gasteiger partial charge >= 0.3 is 0 Å². The van der Waals surface area contributed by atoms with Crippen molar-refractivity contribution in [2.24, 2.45) is 5.73 Å². The van der Waals surface area contributed by atoms with Gasteiger partial charge in [0.25, 0.3) is 0 Å². The SMILES string of the molecule is CC(C)(F)c1ccc(CCN)c(Cl)c1. The minimum absolute atomic E-state index is 0.554. The van der Waals surface area contributed by atoms with Crippen LogP contribution in [-0.4, -0.2) is 6.54 Å². The van der Waals surface area contributed by atoms with E-state index in [1.807, 2.05) is 6.07 Å². The number of benzene rings is 1. The van der Waals surface area contributed by atoms with Crippen molar-refractivity contribution >= 4 is 11.6 Å². The molecule has 0 saturated heterocycles. The predicted molar refractivity (Wildman–Crippen MR) is 58.3 cm³/mol. The highest BCUT2D eigenvalue weighted by Gasteiger charge is 2.19. The summed E-state index contributed by atoms with van der Waals surface area (Å²) in [5.41, 5.74) is 5.65. The van der Waals surface area contributed by atoms with Crippen LogP contribution in [0.25, 0.3) is 0 Å². The second kappa shape index (κ2) is 4.28. The maximum Gasteiger partial charge on any atom is 0.130 e. The van der Waals surface area contributed by atoms with E-state index in [0.717, 1.165) is 12.0 Å². The van der Waals surface area contributed by atoms with Crippen molar-refractivity contribution in [2.45, 2.75) is 25.9 Å². The average molecular weight is 216 g/mol. The average Bonchev–Trinajstić information content (AvgIpc) is 2.07. The van der Waals surface area contributed by atoms with E-state index in [0.29, 0.717) is 17.1 Å². The largest absolute Gasteiger partial charge is 0.330 e. The molecule has 0 aromatic heterocycles. The number of alkyl halides is 1. The summed E-state index contributed by atoms with van der Waals surface area (Å²) in [4.78, 5) is 0. The zero-order valence-electron chi connectivity index (χ0n) is 8.48. The third-order valence-electron chi connectivity index (χ3n) is 2.15. The fraction of sp³-hybridized carbons (Fsp3) is 0.455. The third kappa shape index (κ3) is 2.69. The van der Waals surface area contributed by atoms with Gasteiger partial charge in [0.05, 0.1) is 0 Å². The van der Waals surface area contributed by atoms with E-state index in [2.05, 4.69) is 0 Å². The molecule has 78 valence electrons. The Balaban J connectivity index is 3.01. The topological polar surface area (TPSA) is 26.0 Å². The first-order chi connectivity index (χ1) is 6.45. The molecule has 2 N–H and O–H groups in total. The summed E-state index contributed by atoms with van der Waals surface area (Å²) in [6.45, 7) is 3.58. The number of halogens is 2. The Morgan fingerprint density at radius 3 is 2.50 bits per heavy atom. The van der Waals surface area contributed by atoms with Crippen LogP contribution in [0.2, 0.25) is 5.02 Å². The van der Waals surface area contributed by atoms with Gasteiger partial charge in [0, 0.05) is 5.02 Å². The maximum atomic E-state index is 13.5. The van der Waals surface area contributed by atoms with Crippen molar-refractivity contribution in [3.05, 3.63) is 34.3 Å². The molecule has 0 heterocycles. The van der Waals surface area contributed by atoms with Gasteiger partial charge in [-0.1, -0.05) is 23.7 Å². The van der Waals surface area contributed by atoms with E-state index in [1.54, 1.807) is 12.1 Å². The van der Waals surface area contributed by atoms with Crippen LogP contribution in [0.3, 0.4) is 0 Å². The predicted octanol–water partition coefficient (Wildman–Crippen LogP) is 3.05. The number of hydrogen-bond acceptors (Lipinski definition) is 1. The third-order valence-corrected chi connectivity index (χ3v) is 2.51. The molecule has 1 rings (SSSR count). The standard InChI is InChI=1S/C11H15ClFN/c1-11(2,13)9-4-3-8(5-6-14)10(12)7-9/h3-4,7H,5-6,14H2,1-2H3. The van der Waals surface area contributed by atoms with Crippen molar-refractivity contribution in [1.82, 2.24) is 0 Å². The summed E-state index contributed by atoms with van der Waals surface area (Å²) in [7, 11) is 0. The lowest BCUT2D eigenvalue weighted by atomic mass is 9.98. The smallest absolute Gasteiger partial charge is 0.130 e. The van der Waals surface area contributed by atoms with Gasteiger partial charge in [-0.05, 0) is 44.0 Å². The zero-order chi connectivity index (χ0) is 10.8. The Kier molecular flexibility index (Phi) is 3.51. The molecule has 0 bridgehead atoms. The summed E-state index contributed by atoms with van der Waals surface area (Å²) in [5, 5.41) is 0.596. The monoisotopic (exact) mass is 215 g/mol. The van der Waals surface area contributed by atoms with E-state index in [-0.39, 0.29) is 0 Å². The molecule has 0 atom stereocenters. The summed E-state index contributed by atoms with van der Waals surface area (Å²) in [6.07, 6.45) is 0.728. The Labute approximate surface area is 89.1 Å². The van der Waals surface area contributed by atoms with Crippen LogP contribution in [0.1, 0.15) is 25.0 Å². The fourth-order valence-corrected chi connectivity index (χ4v) is 1.55. The highest BCUT2D eigenvalue weighted by Crippen LogP contribution is 2.28. The Hall–Kier alpha value is -0.600. The van der Waals surface area contributed by atoms with Crippen molar-refractivity contribution in [3.63, 3.8) is 0 Å². The Bertz CT molecular complexity index is 318. The van der Waals surface area contributed by atoms with Gasteiger partial charge in [-0.2, -0.15) is 0 Å². The molecule has 1 aromatic rings. The van der Waals surface area contributed by atoms with Crippen LogP contribution in [0, 0.1) is 0 Å². The van der Waals surface area contributed by atoms with Gasteiger partial charge < -0.3 is 5.73 Å². The molecule has 1 nitrogen and oxygen atoms in total. The summed E-state index contributed by atoms with van der Waals surface area (Å²) in [5.74, 6) is 0. The van der Waals surface area contributed by atoms with E-state index >= 15 is 0 Å². The van der Waals surface area contributed by atoms with Gasteiger partial charge in [-0.25, -0.2) is 4.39 Å². The minimum atomic E-state index is -1.34. The summed E-state index contributed by atoms with van der Waals surface area (Å²) < 4.78 is 13.5. The van der Waals surface area contributed by atoms with Gasteiger partial charge in [-0.3, -0.25) is 0 Å². The first-order valence-corrected chi connectivity index (χ1v) is 5.01. The van der Waals surface area contributed by atoms with E-state index in [9.17, 15) is 4.39 Å². The molecule has 0 amide bonds. The number of rotatable bonds is 3. The molecule has 1 aromatic carbocycles. The van der Waals surface area contributed by atoms with Crippen molar-refractivity contribution < 1.29 is 4.39 Å². The molecular formula is C11H15ClFN. The molecule has 0 radical (unpaired) electrons. The second-order valence-corrected chi connectivity index (χ2v) is 4.22. The van der Waals surface area contributed by atoms with Crippen LogP contribution < -0.4 is 5.73 Å². The van der Waals surface area contributed by atoms with Crippen LogP contribution in [0.15, 0.2) is 18.2 Å². The highest BCUT2D eigenvalue weighted by molar-refractivity contribution is 6.31. The second-order valence-electron chi connectivity index (χ2n) is 3.82. The summed E-state index contributed by atoms with van der Waals surface area (Å²) >= 11 is 5.99. The van der Waals surface area contributed by atoms with E-state index < -0.39 is 5.67 Å². The van der Waals surface area contributed by atoms with Crippen LogP contribution >= 0.6 is 11.6 Å². The van der Waals surface area contributed by atoms with Crippen LogP contribution in [0.5, 0.6) is 0 Å². The number of hydrogen-bond donors (Lipinski definition) is 1. The molecule has 14 heavy (non-hydrogen) atoms. The van der Waals surface area contributed by atoms with Gasteiger partial charge in [0.2, 0.25) is 0 Å². The molecule has 0 aliphatic heterocycles. The van der Waals surface area contributed by atoms with Crippen LogP contribution in [-0.2, 0) is 12.1 Å².